The highest BCUT2D eigenvalue weighted by Gasteiger charge is 2.63. The van der Waals surface area contributed by atoms with Crippen LogP contribution < -0.4 is 0 Å². The van der Waals surface area contributed by atoms with E-state index in [4.69, 9.17) is 8.83 Å². The lowest BCUT2D eigenvalue weighted by atomic mass is 10.0. The Morgan fingerprint density at radius 2 is 0.667 bits per heavy atom. The zero-order chi connectivity index (χ0) is 34.5. The number of hydrogen-bond acceptors (Lipinski definition) is 6. The fourth-order valence-corrected chi connectivity index (χ4v) is 4.59. The Balaban J connectivity index is 1.31. The number of pyridine rings is 2. The molecule has 0 unspecified atom stereocenters. The molecule has 6 nitrogen and oxygen atoms in total. The topological polar surface area (TPSA) is 77.8 Å². The molecule has 6 aromatic rings. The lowest BCUT2D eigenvalue weighted by molar-refractivity contribution is -0.295. The number of alkyl halides is 10. The summed E-state index contributed by atoms with van der Waals surface area (Å²) in [6.45, 7) is 0. The highest BCUT2D eigenvalue weighted by molar-refractivity contribution is 5.72. The van der Waals surface area contributed by atoms with Crippen LogP contribution in [0.4, 0.5) is 43.9 Å². The Morgan fingerprint density at radius 1 is 0.375 bits per heavy atom. The summed E-state index contributed by atoms with van der Waals surface area (Å²) in [5, 5.41) is 0. The molecular weight excluding hydrogens is 662 g/mol. The Hall–Kier alpha value is -5.54. The van der Waals surface area contributed by atoms with Gasteiger partial charge < -0.3 is 8.83 Å². The van der Waals surface area contributed by atoms with Gasteiger partial charge in [0.1, 0.15) is 11.4 Å². The fourth-order valence-electron chi connectivity index (χ4n) is 4.59. The molecule has 246 valence electrons. The highest BCUT2D eigenvalue weighted by atomic mass is 19.4. The first-order chi connectivity index (χ1) is 22.6. The summed E-state index contributed by atoms with van der Waals surface area (Å²) in [6.07, 6.45) is -7.16. The minimum atomic E-state index is -5.96. The third-order valence-electron chi connectivity index (χ3n) is 7.04. The monoisotopic (exact) mass is 678 g/mol. The minimum Gasteiger partial charge on any atom is -0.434 e. The highest BCUT2D eigenvalue weighted by Crippen LogP contribution is 2.49. The molecule has 2 aromatic carbocycles. The van der Waals surface area contributed by atoms with Crippen molar-refractivity contribution in [3.05, 3.63) is 109 Å². The van der Waals surface area contributed by atoms with Gasteiger partial charge in [-0.1, -0.05) is 24.3 Å². The number of aromatic nitrogens is 4. The van der Waals surface area contributed by atoms with E-state index in [2.05, 4.69) is 19.9 Å². The summed E-state index contributed by atoms with van der Waals surface area (Å²) in [5.41, 5.74) is -0.462. The van der Waals surface area contributed by atoms with Crippen molar-refractivity contribution in [3.63, 3.8) is 0 Å². The predicted molar refractivity (Wildman–Crippen MR) is 149 cm³/mol. The molecule has 4 aromatic heterocycles. The van der Waals surface area contributed by atoms with Gasteiger partial charge in [-0.3, -0.25) is 9.97 Å². The number of nitrogens with zero attached hydrogens (tertiary/aromatic N) is 4. The third kappa shape index (κ3) is 5.77. The second kappa shape index (κ2) is 11.6. The first kappa shape index (κ1) is 32.4. The molecule has 0 amide bonds. The molecule has 0 fully saturated rings. The number of oxazole rings is 2. The van der Waals surface area contributed by atoms with E-state index >= 15 is 0 Å². The first-order valence-corrected chi connectivity index (χ1v) is 13.5. The number of hydrogen-bond donors (Lipinski definition) is 0. The number of rotatable bonds is 7. The lowest BCUT2D eigenvalue weighted by Gasteiger charge is -2.17. The minimum absolute atomic E-state index is 0.0662. The summed E-state index contributed by atoms with van der Waals surface area (Å²) < 4.78 is 147. The van der Waals surface area contributed by atoms with Gasteiger partial charge in [-0.05, 0) is 59.7 Å². The van der Waals surface area contributed by atoms with E-state index in [1.54, 1.807) is 0 Å². The van der Waals surface area contributed by atoms with Gasteiger partial charge in [0.25, 0.3) is 0 Å². The van der Waals surface area contributed by atoms with Gasteiger partial charge in [0, 0.05) is 47.0 Å². The van der Waals surface area contributed by atoms with Crippen molar-refractivity contribution in [1.29, 1.82) is 0 Å². The van der Waals surface area contributed by atoms with Crippen molar-refractivity contribution >= 4 is 0 Å². The zero-order valence-corrected chi connectivity index (χ0v) is 23.6. The van der Waals surface area contributed by atoms with E-state index in [1.807, 2.05) is 0 Å². The smallest absolute Gasteiger partial charge is 0.434 e. The number of benzene rings is 2. The first-order valence-electron chi connectivity index (χ1n) is 13.5. The van der Waals surface area contributed by atoms with Crippen LogP contribution in [0, 0.1) is 0 Å². The van der Waals surface area contributed by atoms with Crippen LogP contribution in [0.5, 0.6) is 0 Å². The summed E-state index contributed by atoms with van der Waals surface area (Å²) >= 11 is 0. The van der Waals surface area contributed by atoms with Crippen molar-refractivity contribution in [2.24, 2.45) is 0 Å². The Morgan fingerprint density at radius 3 is 0.958 bits per heavy atom. The van der Waals surface area contributed by atoms with Crippen molar-refractivity contribution in [1.82, 2.24) is 19.9 Å². The maximum Gasteiger partial charge on any atom is 0.461 e. The van der Waals surface area contributed by atoms with E-state index in [9.17, 15) is 43.9 Å². The predicted octanol–water partition coefficient (Wildman–Crippen LogP) is 10.1. The number of halogens is 10. The summed E-state index contributed by atoms with van der Waals surface area (Å²) in [6, 6.07) is 16.2. The van der Waals surface area contributed by atoms with Crippen LogP contribution in [-0.4, -0.2) is 32.3 Å². The van der Waals surface area contributed by atoms with Gasteiger partial charge in [0.05, 0.1) is 0 Å². The maximum atomic E-state index is 14.4. The van der Waals surface area contributed by atoms with E-state index in [0.29, 0.717) is 11.1 Å². The molecule has 0 saturated heterocycles. The van der Waals surface area contributed by atoms with E-state index in [1.165, 1.54) is 97.6 Å². The molecule has 0 atom stereocenters. The second-order valence-electron chi connectivity index (χ2n) is 10.2. The SMILES string of the molecule is FC(F)(F)C(F)(F)c1oc(-c2ccc(-c3ccc(-c4nc(-c5ccncc5)c(C(F)(F)C(F)(F)F)o4)cc3)cc2)nc1-c1ccncc1. The van der Waals surface area contributed by atoms with Crippen LogP contribution in [0.1, 0.15) is 11.5 Å². The van der Waals surface area contributed by atoms with E-state index in [0.717, 1.165) is 0 Å². The van der Waals surface area contributed by atoms with Gasteiger partial charge in [-0.2, -0.15) is 43.9 Å². The van der Waals surface area contributed by atoms with Crippen LogP contribution in [0.15, 0.2) is 106 Å². The van der Waals surface area contributed by atoms with E-state index < -0.39 is 58.9 Å². The molecule has 0 radical (unpaired) electrons. The maximum absolute atomic E-state index is 14.4. The molecule has 0 aliphatic rings. The summed E-state index contributed by atoms with van der Waals surface area (Å²) in [5.74, 6) is -15.1. The van der Waals surface area contributed by atoms with Gasteiger partial charge in [0.15, 0.2) is 0 Å². The molecule has 48 heavy (non-hydrogen) atoms. The van der Waals surface area contributed by atoms with Crippen LogP contribution in [0.2, 0.25) is 0 Å². The summed E-state index contributed by atoms with van der Waals surface area (Å²) in [4.78, 5) is 15.3. The zero-order valence-electron chi connectivity index (χ0n) is 23.6. The van der Waals surface area contributed by atoms with Crippen molar-refractivity contribution < 1.29 is 52.7 Å². The Labute approximate surface area is 262 Å². The molecule has 0 spiro atoms. The molecule has 0 aliphatic carbocycles. The average molecular weight is 678 g/mol. The van der Waals surface area contributed by atoms with Crippen molar-refractivity contribution in [3.8, 4) is 56.6 Å². The average Bonchev–Trinajstić information content (AvgIpc) is 3.72. The lowest BCUT2D eigenvalue weighted by Crippen LogP contribution is -2.33. The second-order valence-corrected chi connectivity index (χ2v) is 10.2. The third-order valence-corrected chi connectivity index (χ3v) is 7.04. The standard InChI is InChI=1S/C32H16F10N4O2/c33-29(34,31(37,38)39)25-23(19-9-13-43-14-10-19)45-27(47-25)21-5-1-17(2-6-21)18-3-7-22(8-4-18)28-46-24(20-11-15-44-16-12-20)26(48-28)30(35,36)32(40,41)42/h1-16H. The van der Waals surface area contributed by atoms with Crippen LogP contribution in [-0.2, 0) is 11.8 Å². The van der Waals surface area contributed by atoms with Crippen molar-refractivity contribution in [2.45, 2.75) is 24.2 Å². The molecule has 0 bridgehead atoms. The Kier molecular flexibility index (Phi) is 7.84. The van der Waals surface area contributed by atoms with E-state index in [-0.39, 0.29) is 22.3 Å². The van der Waals surface area contributed by atoms with Gasteiger partial charge in [-0.15, -0.1) is 0 Å². The normalized spacial score (nSPS) is 12.8. The Bertz CT molecular complexity index is 1890. The molecule has 0 N–H and O–H groups in total. The van der Waals surface area contributed by atoms with Gasteiger partial charge in [-0.25, -0.2) is 9.97 Å². The molecule has 4 heterocycles. The van der Waals surface area contributed by atoms with Gasteiger partial charge >= 0.3 is 24.2 Å². The molecule has 16 heteroatoms. The molecule has 6 rings (SSSR count). The molecule has 0 saturated carbocycles. The quantitative estimate of drug-likeness (QED) is 0.157. The van der Waals surface area contributed by atoms with Crippen LogP contribution in [0.3, 0.4) is 0 Å². The van der Waals surface area contributed by atoms with Crippen LogP contribution in [0.25, 0.3) is 56.6 Å². The fraction of sp³-hybridized carbons (Fsp3) is 0.125. The summed E-state index contributed by atoms with van der Waals surface area (Å²) in [7, 11) is 0. The van der Waals surface area contributed by atoms with Gasteiger partial charge in [0.2, 0.25) is 23.3 Å². The van der Waals surface area contributed by atoms with Crippen molar-refractivity contribution in [2.75, 3.05) is 0 Å². The molecular formula is C32H16F10N4O2. The molecule has 0 aliphatic heterocycles. The van der Waals surface area contributed by atoms with Crippen LogP contribution >= 0.6 is 0 Å². The largest absolute Gasteiger partial charge is 0.461 e.